The van der Waals surface area contributed by atoms with Crippen LogP contribution in [0.2, 0.25) is 5.02 Å². The van der Waals surface area contributed by atoms with Gasteiger partial charge in [-0.25, -0.2) is 14.4 Å². The summed E-state index contributed by atoms with van der Waals surface area (Å²) < 4.78 is 53.3. The van der Waals surface area contributed by atoms with Gasteiger partial charge in [0.1, 0.15) is 34.8 Å². The van der Waals surface area contributed by atoms with Crippen molar-refractivity contribution in [3.8, 4) is 40.6 Å². The highest BCUT2D eigenvalue weighted by atomic mass is 35.5. The van der Waals surface area contributed by atoms with Gasteiger partial charge < -0.3 is 61.4 Å². The Hall–Kier alpha value is -9.70. The number of nitro groups is 2. The molecule has 6 aromatic carbocycles. The van der Waals surface area contributed by atoms with Gasteiger partial charge >= 0.3 is 24.3 Å². The number of halogens is 4. The SMILES string of the molecule is COc1ccc(NC(=O)Nc2cc([N+](=O)[O-])ccc2O)c(OC)c1.COc1ccc(NC(=O)Nc2cccc(C#N)c2O)cc1.O=C(Nc1cc([N+](=O)[O-])ccc1O)Nc1cc(C(F)(F)F)ccc1Cl. The molecule has 0 aliphatic carbocycles. The third-order valence-electron chi connectivity index (χ3n) is 8.83. The number of hydrogen-bond acceptors (Lipinski definition) is 14. The van der Waals surface area contributed by atoms with Crippen molar-refractivity contribution in [1.29, 1.82) is 5.26 Å². The number of alkyl halides is 3. The molecule has 26 heteroatoms. The predicted molar refractivity (Wildman–Crippen MR) is 249 cm³/mol. The normalized spacial score (nSPS) is 10.2. The Bertz CT molecular complexity index is 2940. The number of urea groups is 3. The Kier molecular flexibility index (Phi) is 18.3. The second-order valence-corrected chi connectivity index (χ2v) is 13.9. The maximum Gasteiger partial charge on any atom is 0.416 e. The van der Waals surface area contributed by atoms with Crippen LogP contribution < -0.4 is 46.1 Å². The van der Waals surface area contributed by atoms with Crippen LogP contribution in [0.4, 0.5) is 73.1 Å². The van der Waals surface area contributed by atoms with Crippen molar-refractivity contribution in [3.05, 3.63) is 152 Å². The van der Waals surface area contributed by atoms with Gasteiger partial charge in [-0.05, 0) is 78.9 Å². The summed E-state index contributed by atoms with van der Waals surface area (Å²) in [5.74, 6) is 0.584. The first-order valence-corrected chi connectivity index (χ1v) is 19.7. The first-order valence-electron chi connectivity index (χ1n) is 19.3. The number of phenolic OH excluding ortho intramolecular Hbond substituents is 3. The molecule has 0 heterocycles. The molecule has 0 saturated heterocycles. The minimum atomic E-state index is -4.63. The zero-order chi connectivity index (χ0) is 51.7. The van der Waals surface area contributed by atoms with Crippen LogP contribution in [-0.2, 0) is 6.18 Å². The monoisotopic (exact) mass is 991 g/mol. The molecule has 6 aromatic rings. The number of rotatable bonds is 11. The number of para-hydroxylation sites is 1. The highest BCUT2D eigenvalue weighted by molar-refractivity contribution is 6.33. The summed E-state index contributed by atoms with van der Waals surface area (Å²) in [7, 11) is 4.49. The molecule has 9 N–H and O–H groups in total. The van der Waals surface area contributed by atoms with E-state index in [1.54, 1.807) is 55.6 Å². The van der Waals surface area contributed by atoms with Gasteiger partial charge in [-0.15, -0.1) is 0 Å². The Morgan fingerprint density at radius 3 is 1.60 bits per heavy atom. The largest absolute Gasteiger partial charge is 0.506 e. The van der Waals surface area contributed by atoms with Crippen LogP contribution in [0.3, 0.4) is 0 Å². The molecular formula is C44H37ClF3N9O13. The average Bonchev–Trinajstić information content (AvgIpc) is 3.32. The minimum absolute atomic E-state index is 0.0887. The molecule has 0 aromatic heterocycles. The number of non-ortho nitro benzene ring substituents is 2. The topological polar surface area (TPSA) is 322 Å². The zero-order valence-corrected chi connectivity index (χ0v) is 37.0. The number of amides is 6. The van der Waals surface area contributed by atoms with Gasteiger partial charge in [0.2, 0.25) is 0 Å². The number of anilines is 6. The fourth-order valence-corrected chi connectivity index (χ4v) is 5.58. The summed E-state index contributed by atoms with van der Waals surface area (Å²) in [6.45, 7) is 0. The summed E-state index contributed by atoms with van der Waals surface area (Å²) in [6, 6.07) is 24.2. The Balaban J connectivity index is 0.000000229. The summed E-state index contributed by atoms with van der Waals surface area (Å²) in [5, 5.41) is 73.3. The van der Waals surface area contributed by atoms with Crippen LogP contribution in [0, 0.1) is 31.6 Å². The Morgan fingerprint density at radius 1 is 0.600 bits per heavy atom. The number of aromatic hydroxyl groups is 3. The third kappa shape index (κ3) is 15.2. The third-order valence-corrected chi connectivity index (χ3v) is 9.16. The average molecular weight is 992 g/mol. The predicted octanol–water partition coefficient (Wildman–Crippen LogP) is 10.5. The molecule has 364 valence electrons. The number of carbonyl (C=O) groups excluding carboxylic acids is 3. The summed E-state index contributed by atoms with van der Waals surface area (Å²) >= 11 is 5.74. The van der Waals surface area contributed by atoms with E-state index in [0.29, 0.717) is 34.7 Å². The van der Waals surface area contributed by atoms with Crippen LogP contribution in [0.1, 0.15) is 11.1 Å². The number of carbonyl (C=O) groups is 3. The molecule has 0 saturated carbocycles. The maximum absolute atomic E-state index is 12.7. The van der Waals surface area contributed by atoms with Crippen LogP contribution in [0.25, 0.3) is 0 Å². The highest BCUT2D eigenvalue weighted by Crippen LogP contribution is 2.35. The minimum Gasteiger partial charge on any atom is -0.506 e. The number of benzene rings is 6. The van der Waals surface area contributed by atoms with Crippen molar-refractivity contribution in [2.75, 3.05) is 53.2 Å². The second kappa shape index (κ2) is 24.2. The van der Waals surface area contributed by atoms with Gasteiger partial charge in [-0.1, -0.05) is 17.7 Å². The van der Waals surface area contributed by atoms with Crippen molar-refractivity contribution in [1.82, 2.24) is 0 Å². The first-order chi connectivity index (χ1) is 33.1. The van der Waals surface area contributed by atoms with E-state index in [4.69, 9.17) is 31.1 Å². The number of ether oxygens (including phenoxy) is 3. The first kappa shape index (κ1) is 52.9. The number of methoxy groups -OCH3 is 3. The molecule has 0 aliphatic heterocycles. The lowest BCUT2D eigenvalue weighted by molar-refractivity contribution is -0.385. The van der Waals surface area contributed by atoms with Gasteiger partial charge in [0.25, 0.3) is 11.4 Å². The Labute approximate surface area is 398 Å². The van der Waals surface area contributed by atoms with Gasteiger partial charge in [-0.3, -0.25) is 20.2 Å². The number of nitrogens with zero attached hydrogens (tertiary/aromatic N) is 3. The second-order valence-electron chi connectivity index (χ2n) is 13.5. The van der Waals surface area contributed by atoms with Gasteiger partial charge in [0.05, 0.1) is 75.8 Å². The van der Waals surface area contributed by atoms with Crippen molar-refractivity contribution in [2.45, 2.75) is 6.18 Å². The van der Waals surface area contributed by atoms with Gasteiger partial charge in [0, 0.05) is 36.0 Å². The fraction of sp³-hybridized carbons (Fsp3) is 0.0909. The van der Waals surface area contributed by atoms with Crippen molar-refractivity contribution >= 4 is 75.2 Å². The molecule has 6 rings (SSSR count). The standard InChI is InChI=1S/C15H15N3O6.C15H13N3O3.C14H9ClF3N3O4/c1-23-10-4-5-11(14(8-10)24-2)16-15(20)17-12-7-9(18(21)22)3-6-13(12)19;1-21-12-7-5-11(6-8-12)17-15(20)18-13-4-2-3-10(9-16)14(13)19;15-9-3-1-7(14(16,17)18)5-10(9)19-13(23)20-11-6-8(21(24)25)2-4-12(11)22/h3-8,19H,1-2H3,(H2,16,17,20);2-8,19H,1H3,(H2,17,18,20);1-6,22H,(H2,19,20,23). The molecule has 0 aliphatic rings. The zero-order valence-electron chi connectivity index (χ0n) is 36.2. The van der Waals surface area contributed by atoms with Crippen LogP contribution in [-0.4, -0.2) is 64.6 Å². The molecule has 0 atom stereocenters. The number of nitrogens with one attached hydrogen (secondary N) is 6. The quantitative estimate of drug-likeness (QED) is 0.0331. The smallest absolute Gasteiger partial charge is 0.416 e. The van der Waals surface area contributed by atoms with Crippen molar-refractivity contribution < 1.29 is 66.9 Å². The van der Waals surface area contributed by atoms with E-state index in [1.807, 2.05) is 6.07 Å². The number of nitro benzene ring substituents is 2. The molecule has 0 radical (unpaired) electrons. The molecule has 0 spiro atoms. The van der Waals surface area contributed by atoms with E-state index in [0.717, 1.165) is 48.5 Å². The number of phenols is 3. The number of nitriles is 1. The van der Waals surface area contributed by atoms with Crippen LogP contribution in [0.5, 0.6) is 34.5 Å². The van der Waals surface area contributed by atoms with E-state index >= 15 is 0 Å². The lowest BCUT2D eigenvalue weighted by Crippen LogP contribution is -2.20. The molecule has 22 nitrogen and oxygen atoms in total. The van der Waals surface area contributed by atoms with Crippen LogP contribution >= 0.6 is 11.6 Å². The summed E-state index contributed by atoms with van der Waals surface area (Å²) in [6.07, 6.45) is -4.63. The number of hydrogen-bond donors (Lipinski definition) is 9. The molecule has 0 bridgehead atoms. The lowest BCUT2D eigenvalue weighted by atomic mass is 10.2. The lowest BCUT2D eigenvalue weighted by Gasteiger charge is -2.12. The Morgan fingerprint density at radius 2 is 1.10 bits per heavy atom. The molecule has 0 unspecified atom stereocenters. The van der Waals surface area contributed by atoms with E-state index in [-0.39, 0.29) is 50.5 Å². The molecular weight excluding hydrogens is 955 g/mol. The molecule has 70 heavy (non-hydrogen) atoms. The summed E-state index contributed by atoms with van der Waals surface area (Å²) in [5.41, 5.74) is -1.19. The van der Waals surface area contributed by atoms with E-state index in [2.05, 4.69) is 31.9 Å². The van der Waals surface area contributed by atoms with E-state index in [9.17, 15) is 63.1 Å². The molecule has 6 amide bonds. The molecule has 0 fully saturated rings. The summed E-state index contributed by atoms with van der Waals surface area (Å²) in [4.78, 5) is 55.8. The fourth-order valence-electron chi connectivity index (χ4n) is 5.42. The van der Waals surface area contributed by atoms with Crippen molar-refractivity contribution in [2.24, 2.45) is 0 Å². The van der Waals surface area contributed by atoms with Crippen LogP contribution in [0.15, 0.2) is 115 Å². The van der Waals surface area contributed by atoms with Gasteiger partial charge in [0.15, 0.2) is 5.75 Å². The van der Waals surface area contributed by atoms with Crippen molar-refractivity contribution in [3.63, 3.8) is 0 Å². The van der Waals surface area contributed by atoms with E-state index < -0.39 is 51.1 Å². The van der Waals surface area contributed by atoms with Gasteiger partial charge in [-0.2, -0.15) is 18.4 Å². The highest BCUT2D eigenvalue weighted by Gasteiger charge is 2.31. The van der Waals surface area contributed by atoms with E-state index in [1.165, 1.54) is 26.4 Å². The maximum atomic E-state index is 12.7.